The van der Waals surface area contributed by atoms with Gasteiger partial charge in [0.25, 0.3) is 11.8 Å². The summed E-state index contributed by atoms with van der Waals surface area (Å²) in [6.45, 7) is 0.422. The Bertz CT molecular complexity index is 1380. The highest BCUT2D eigenvalue weighted by molar-refractivity contribution is 5.97. The fourth-order valence-corrected chi connectivity index (χ4v) is 3.78. The number of likely N-dealkylation sites (tertiary alicyclic amines) is 1. The summed E-state index contributed by atoms with van der Waals surface area (Å²) >= 11 is 0. The van der Waals surface area contributed by atoms with Crippen LogP contribution in [-0.2, 0) is 10.4 Å². The molecule has 34 heavy (non-hydrogen) atoms. The van der Waals surface area contributed by atoms with Crippen molar-refractivity contribution in [3.63, 3.8) is 0 Å². The normalized spacial score (nSPS) is 17.8. The predicted molar refractivity (Wildman–Crippen MR) is 120 cm³/mol. The lowest BCUT2D eigenvalue weighted by Crippen LogP contribution is -2.35. The Morgan fingerprint density at radius 3 is 2.82 bits per heavy atom. The van der Waals surface area contributed by atoms with Crippen LogP contribution in [0.25, 0.3) is 22.6 Å². The Morgan fingerprint density at radius 1 is 1.29 bits per heavy atom. The van der Waals surface area contributed by atoms with Gasteiger partial charge in [-0.25, -0.2) is 9.97 Å². The van der Waals surface area contributed by atoms with Gasteiger partial charge in [0.05, 0.1) is 23.8 Å². The molecule has 3 aromatic heterocycles. The molecule has 1 aliphatic rings. The van der Waals surface area contributed by atoms with Crippen LogP contribution < -0.4 is 11.1 Å². The second-order valence-corrected chi connectivity index (χ2v) is 7.93. The lowest BCUT2D eigenvalue weighted by molar-refractivity contribution is -0.144. The number of primary amides is 1. The molecule has 0 spiro atoms. The molecule has 1 aromatic carbocycles. The van der Waals surface area contributed by atoms with Gasteiger partial charge in [0.2, 0.25) is 5.60 Å². The van der Waals surface area contributed by atoms with Crippen molar-refractivity contribution in [1.29, 1.82) is 0 Å². The lowest BCUT2D eigenvalue weighted by atomic mass is 9.98. The number of likely N-dealkylation sites (N-methyl/N-ethyl adjacent to an activating group) is 1. The zero-order valence-corrected chi connectivity index (χ0v) is 18.0. The summed E-state index contributed by atoms with van der Waals surface area (Å²) in [7, 11) is 1.62. The second-order valence-electron chi connectivity index (χ2n) is 7.93. The summed E-state index contributed by atoms with van der Waals surface area (Å²) in [4.78, 5) is 34.5. The summed E-state index contributed by atoms with van der Waals surface area (Å²) in [6, 6.07) is 8.65. The Hall–Kier alpha value is -4.58. The van der Waals surface area contributed by atoms with Crippen molar-refractivity contribution in [2.24, 2.45) is 5.73 Å². The Morgan fingerprint density at radius 2 is 2.12 bits per heavy atom. The molecule has 1 saturated heterocycles. The molecule has 12 nitrogen and oxygen atoms in total. The fraction of sp³-hybridized carbons (Fsp3) is 0.182. The zero-order chi connectivity index (χ0) is 23.9. The van der Waals surface area contributed by atoms with Crippen molar-refractivity contribution in [3.05, 3.63) is 60.4 Å². The number of hydrogen-bond donors (Lipinski definition) is 4. The van der Waals surface area contributed by atoms with E-state index in [2.05, 4.69) is 30.6 Å². The van der Waals surface area contributed by atoms with E-state index in [1.165, 1.54) is 11.1 Å². The van der Waals surface area contributed by atoms with Gasteiger partial charge in [0, 0.05) is 43.4 Å². The van der Waals surface area contributed by atoms with Crippen molar-refractivity contribution in [2.75, 3.05) is 18.9 Å². The summed E-state index contributed by atoms with van der Waals surface area (Å²) in [5, 5.41) is 24.3. The van der Waals surface area contributed by atoms with Crippen molar-refractivity contribution < 1.29 is 19.2 Å². The van der Waals surface area contributed by atoms with Gasteiger partial charge in [-0.1, -0.05) is 23.4 Å². The smallest absolute Gasteiger partial charge is 0.269 e. The number of carbonyl (C=O) groups excluding carboxylic acids is 2. The quantitative estimate of drug-likeness (QED) is 0.331. The maximum Gasteiger partial charge on any atom is 0.269 e. The molecule has 1 aliphatic heterocycles. The van der Waals surface area contributed by atoms with E-state index in [4.69, 9.17) is 10.3 Å². The van der Waals surface area contributed by atoms with E-state index in [1.54, 1.807) is 49.8 Å². The number of anilines is 2. The number of nitrogens with zero attached hydrogens (tertiary/aromatic N) is 5. The van der Waals surface area contributed by atoms with Gasteiger partial charge in [-0.2, -0.15) is 5.10 Å². The molecule has 0 bridgehead atoms. The highest BCUT2D eigenvalue weighted by Gasteiger charge is 2.48. The Labute approximate surface area is 192 Å². The van der Waals surface area contributed by atoms with E-state index < -0.39 is 17.4 Å². The molecule has 0 saturated carbocycles. The molecule has 4 aromatic rings. The van der Waals surface area contributed by atoms with E-state index in [9.17, 15) is 14.7 Å². The van der Waals surface area contributed by atoms with Gasteiger partial charge in [0.15, 0.2) is 17.3 Å². The van der Waals surface area contributed by atoms with Gasteiger partial charge in [0.1, 0.15) is 5.69 Å². The number of hydrogen-bond acceptors (Lipinski definition) is 9. The summed E-state index contributed by atoms with van der Waals surface area (Å²) < 4.78 is 5.33. The Balaban J connectivity index is 1.46. The van der Waals surface area contributed by atoms with Crippen LogP contribution in [-0.4, -0.2) is 60.7 Å². The van der Waals surface area contributed by atoms with Gasteiger partial charge in [-0.05, 0) is 6.07 Å². The number of nitrogens with one attached hydrogen (secondary N) is 2. The number of carbonyl (C=O) groups is 2. The molecule has 0 aliphatic carbocycles. The number of amides is 2. The molecule has 172 valence electrons. The summed E-state index contributed by atoms with van der Waals surface area (Å²) in [5.41, 5.74) is 6.48. The average molecular weight is 460 g/mol. The van der Waals surface area contributed by atoms with E-state index in [1.807, 2.05) is 0 Å². The van der Waals surface area contributed by atoms with E-state index in [0.717, 1.165) is 0 Å². The topological polar surface area (TPSA) is 176 Å². The SMILES string of the molecule is CN1CCC(O)(c2cc(-c3cccc(-c4ncc(Nc5cn[nH]c5)c(C(N)=O)n4)c3)no2)C1=O. The van der Waals surface area contributed by atoms with Crippen molar-refractivity contribution >= 4 is 23.2 Å². The third-order valence-corrected chi connectivity index (χ3v) is 5.64. The van der Waals surface area contributed by atoms with Crippen molar-refractivity contribution in [3.8, 4) is 22.6 Å². The average Bonchev–Trinajstić information content (AvgIpc) is 3.59. The molecule has 5 rings (SSSR count). The third-order valence-electron chi connectivity index (χ3n) is 5.64. The number of aromatic amines is 1. The van der Waals surface area contributed by atoms with Crippen LogP contribution in [0.1, 0.15) is 22.7 Å². The predicted octanol–water partition coefficient (Wildman–Crippen LogP) is 1.41. The molecular weight excluding hydrogens is 440 g/mol. The van der Waals surface area contributed by atoms with Crippen LogP contribution in [0, 0.1) is 0 Å². The van der Waals surface area contributed by atoms with Gasteiger partial charge in [-0.3, -0.25) is 14.7 Å². The molecule has 4 heterocycles. The largest absolute Gasteiger partial charge is 0.373 e. The highest BCUT2D eigenvalue weighted by atomic mass is 16.5. The summed E-state index contributed by atoms with van der Waals surface area (Å²) in [5.74, 6) is -0.778. The van der Waals surface area contributed by atoms with E-state index in [0.29, 0.717) is 34.7 Å². The van der Waals surface area contributed by atoms with Crippen LogP contribution in [0.2, 0.25) is 0 Å². The number of aliphatic hydroxyl groups is 1. The van der Waals surface area contributed by atoms with Gasteiger partial charge >= 0.3 is 0 Å². The number of rotatable bonds is 6. The zero-order valence-electron chi connectivity index (χ0n) is 18.0. The maximum atomic E-state index is 12.4. The number of H-pyrrole nitrogens is 1. The van der Waals surface area contributed by atoms with Gasteiger partial charge in [-0.15, -0.1) is 0 Å². The fourth-order valence-electron chi connectivity index (χ4n) is 3.78. The lowest BCUT2D eigenvalue weighted by Gasteiger charge is -2.16. The van der Waals surface area contributed by atoms with Crippen LogP contribution in [0.15, 0.2) is 53.4 Å². The number of aromatic nitrogens is 5. The maximum absolute atomic E-state index is 12.4. The first-order chi connectivity index (χ1) is 16.3. The summed E-state index contributed by atoms with van der Waals surface area (Å²) in [6.07, 6.45) is 4.85. The first-order valence-corrected chi connectivity index (χ1v) is 10.3. The number of nitrogens with two attached hydrogens (primary N) is 1. The standard InChI is InChI=1S/C22H20N8O4/c1-30-6-5-22(33,21(30)32)17-8-15(29-34-17)12-3-2-4-13(7-12)20-24-11-16(18(28-20)19(23)31)27-14-9-25-26-10-14/h2-4,7-11,27,33H,5-6H2,1H3,(H2,23,31)(H,25,26). The molecule has 5 N–H and O–H groups in total. The van der Waals surface area contributed by atoms with E-state index >= 15 is 0 Å². The third kappa shape index (κ3) is 3.65. The first-order valence-electron chi connectivity index (χ1n) is 10.3. The molecule has 1 atom stereocenters. The van der Waals surface area contributed by atoms with Gasteiger partial charge < -0.3 is 25.6 Å². The van der Waals surface area contributed by atoms with Crippen LogP contribution in [0.5, 0.6) is 0 Å². The minimum absolute atomic E-state index is 0.0198. The molecule has 2 amide bonds. The first kappa shape index (κ1) is 21.3. The van der Waals surface area contributed by atoms with E-state index in [-0.39, 0.29) is 23.7 Å². The minimum Gasteiger partial charge on any atom is -0.373 e. The van der Waals surface area contributed by atoms with Crippen LogP contribution in [0.4, 0.5) is 11.4 Å². The molecule has 0 radical (unpaired) electrons. The molecule has 1 unspecified atom stereocenters. The minimum atomic E-state index is -1.73. The molecule has 12 heteroatoms. The van der Waals surface area contributed by atoms with Crippen LogP contribution in [0.3, 0.4) is 0 Å². The number of benzene rings is 1. The van der Waals surface area contributed by atoms with Crippen LogP contribution >= 0.6 is 0 Å². The molecular formula is C22H20N8O4. The Kier molecular flexibility index (Phi) is 5.06. The van der Waals surface area contributed by atoms with Crippen molar-refractivity contribution in [1.82, 2.24) is 30.2 Å². The van der Waals surface area contributed by atoms with Crippen molar-refractivity contribution in [2.45, 2.75) is 12.0 Å². The monoisotopic (exact) mass is 460 g/mol. The second kappa shape index (κ2) is 8.08. The molecule has 1 fully saturated rings. The highest BCUT2D eigenvalue weighted by Crippen LogP contribution is 2.35.